The van der Waals surface area contributed by atoms with Gasteiger partial charge in [-0.15, -0.1) is 4.62 Å². The summed E-state index contributed by atoms with van der Waals surface area (Å²) in [5.74, 6) is 0.149. The highest BCUT2D eigenvalue weighted by Crippen LogP contribution is 2.39. The Kier molecular flexibility index (Phi) is 8.74. The summed E-state index contributed by atoms with van der Waals surface area (Å²) in [7, 11) is -3.09. The third kappa shape index (κ3) is 6.58. The van der Waals surface area contributed by atoms with Crippen molar-refractivity contribution in [3.8, 4) is 0 Å². The number of benzene rings is 1. The summed E-state index contributed by atoms with van der Waals surface area (Å²) in [6.45, 7) is 4.57. The quantitative estimate of drug-likeness (QED) is 0.131. The van der Waals surface area contributed by atoms with Crippen LogP contribution in [0.4, 0.5) is 11.5 Å². The van der Waals surface area contributed by atoms with E-state index >= 15 is 0 Å². The van der Waals surface area contributed by atoms with Crippen LogP contribution >= 0.6 is 7.82 Å². The van der Waals surface area contributed by atoms with Crippen molar-refractivity contribution in [3.05, 3.63) is 59.5 Å². The van der Waals surface area contributed by atoms with Gasteiger partial charge in [0.05, 0.1) is 18.8 Å². The van der Waals surface area contributed by atoms with Gasteiger partial charge in [-0.3, -0.25) is 23.6 Å². The highest BCUT2D eigenvalue weighted by molar-refractivity contribution is 7.45. The Balaban J connectivity index is 1.46. The number of phosphoric acid groups is 1. The fraction of sp³-hybridized carbons (Fsp3) is 0.346. The first-order valence-electron chi connectivity index (χ1n) is 12.5. The van der Waals surface area contributed by atoms with Gasteiger partial charge in [-0.25, -0.2) is 4.98 Å². The van der Waals surface area contributed by atoms with Crippen LogP contribution in [0.15, 0.2) is 47.0 Å². The first-order chi connectivity index (χ1) is 18.9. The normalized spacial score (nSPS) is 16.1. The zero-order chi connectivity index (χ0) is 29.1. The largest absolute Gasteiger partial charge is 0.752 e. The molecule has 3 heterocycles. The average Bonchev–Trinajstić information content (AvgIpc) is 3.22. The number of aromatic nitrogens is 1. The number of nitrogens with one attached hydrogen (secondary N) is 1. The predicted octanol–water partition coefficient (Wildman–Crippen LogP) is 1.27. The van der Waals surface area contributed by atoms with Crippen LogP contribution in [0.25, 0.3) is 17.0 Å². The van der Waals surface area contributed by atoms with Crippen LogP contribution in [0, 0.1) is 6.92 Å². The van der Waals surface area contributed by atoms with Crippen molar-refractivity contribution in [1.82, 2.24) is 9.88 Å². The fourth-order valence-electron chi connectivity index (χ4n) is 4.13. The summed E-state index contributed by atoms with van der Waals surface area (Å²) >= 11 is 0. The summed E-state index contributed by atoms with van der Waals surface area (Å²) < 4.78 is 27.4. The topological polar surface area (TPSA) is 174 Å². The molecule has 1 aliphatic heterocycles. The van der Waals surface area contributed by atoms with Gasteiger partial charge in [-0.05, 0) is 44.5 Å². The first kappa shape index (κ1) is 29.4. The minimum atomic E-state index is -4.77. The molecular formula is C26H32N5O8P. The number of hydrogen-bond donors (Lipinski definition) is 3. The number of carbonyl (C=O) groups excluding carboxylic acids is 2. The van der Waals surface area contributed by atoms with Crippen LogP contribution in [0.5, 0.6) is 0 Å². The number of carbonyl (C=O) groups is 2. The number of nitrogens with two attached hydrogens (primary N) is 1. The number of pyridine rings is 1. The number of aryl methyl sites for hydroxylation is 1. The molecule has 0 spiro atoms. The number of likely N-dealkylation sites (N-methyl/N-ethyl adjacent to an activating group) is 1. The van der Waals surface area contributed by atoms with Crippen LogP contribution in [-0.4, -0.2) is 59.3 Å². The van der Waals surface area contributed by atoms with E-state index in [2.05, 4.69) is 14.9 Å². The van der Waals surface area contributed by atoms with E-state index < -0.39 is 26.0 Å². The minimum absolute atomic E-state index is 0.00624. The van der Waals surface area contributed by atoms with Crippen LogP contribution in [0.1, 0.15) is 30.7 Å². The molecule has 1 atom stereocenters. The molecule has 4 N–H and O–H groups in total. The van der Waals surface area contributed by atoms with Gasteiger partial charge in [0.15, 0.2) is 5.82 Å². The van der Waals surface area contributed by atoms with Crippen molar-refractivity contribution in [1.29, 1.82) is 0 Å². The number of fused-ring (bicyclic) bond motifs is 2. The fourth-order valence-corrected chi connectivity index (χ4v) is 4.74. The molecule has 0 radical (unpaired) electrons. The Morgan fingerprint density at radius 1 is 1.38 bits per heavy atom. The van der Waals surface area contributed by atoms with Gasteiger partial charge < -0.3 is 24.6 Å². The highest BCUT2D eigenvalue weighted by Gasteiger charge is 2.40. The van der Waals surface area contributed by atoms with Crippen molar-refractivity contribution in [2.24, 2.45) is 0 Å². The number of amides is 2. The molecule has 1 aliphatic rings. The monoisotopic (exact) mass is 573 g/mol. The Morgan fingerprint density at radius 2 is 2.12 bits per heavy atom. The molecule has 1 unspecified atom stereocenters. The smallest absolute Gasteiger partial charge is 0.326 e. The zero-order valence-electron chi connectivity index (χ0n) is 22.6. The lowest BCUT2D eigenvalue weighted by molar-refractivity contribution is -0.867. The Labute approximate surface area is 230 Å². The molecule has 4 rings (SSSR count). The predicted molar refractivity (Wildman–Crippen MR) is 144 cm³/mol. The second-order valence-corrected chi connectivity index (χ2v) is 11.2. The molecule has 13 nitrogen and oxygen atoms in total. The summed E-state index contributed by atoms with van der Waals surface area (Å²) in [6, 6.07) is 9.39. The van der Waals surface area contributed by atoms with E-state index in [1.54, 1.807) is 33.0 Å². The molecule has 0 bridgehead atoms. The summed E-state index contributed by atoms with van der Waals surface area (Å²) in [5.41, 5.74) is 2.58. The Morgan fingerprint density at radius 3 is 2.85 bits per heavy atom. The molecule has 2 aromatic heterocycles. The number of rotatable bonds is 11. The maximum Gasteiger partial charge on any atom is 0.326 e. The number of hydroxylamine groups is 1. The molecule has 0 saturated carbocycles. The van der Waals surface area contributed by atoms with Gasteiger partial charge in [-0.1, -0.05) is 18.2 Å². The van der Waals surface area contributed by atoms with Gasteiger partial charge in [0.1, 0.15) is 30.2 Å². The van der Waals surface area contributed by atoms with E-state index in [1.807, 2.05) is 31.2 Å². The van der Waals surface area contributed by atoms with E-state index in [4.69, 9.17) is 14.0 Å². The van der Waals surface area contributed by atoms with Crippen molar-refractivity contribution < 1.29 is 43.2 Å². The lowest BCUT2D eigenvalue weighted by Gasteiger charge is -2.39. The zero-order valence-corrected chi connectivity index (χ0v) is 23.5. The molecule has 0 saturated heterocycles. The Hall–Kier alpha value is -3.58. The standard InChI is InChI=1S/C26H32N5O8P/c1-17-19-7-5-6-8-21(19)38-22(17)15-30(4)23(33)10-9-18-13-20-24(27-14-18)31(25(34)26(2,3)29-20)16-37-40(35,36)39-28-11-12-32/h5-10,13-14,28-29,32H,11-12,15-16H2,1-4H3,(H,35,36)/b10-9+. The number of phosphoric ester groups is 1. The van der Waals surface area contributed by atoms with Crippen LogP contribution in [0.3, 0.4) is 0 Å². The molecule has 1 aromatic carbocycles. The molecule has 2 amide bonds. The lowest BCUT2D eigenvalue weighted by atomic mass is 9.99. The summed E-state index contributed by atoms with van der Waals surface area (Å²) in [5, 5.41) is 12.9. The van der Waals surface area contributed by atoms with E-state index in [0.717, 1.165) is 26.9 Å². The lowest BCUT2D eigenvalue weighted by Crippen LogP contribution is -2.83. The number of hydrogen-bond acceptors (Lipinski definition) is 10. The van der Waals surface area contributed by atoms with Crippen molar-refractivity contribution in [2.75, 3.05) is 37.1 Å². The van der Waals surface area contributed by atoms with E-state index in [0.29, 0.717) is 23.6 Å². The van der Waals surface area contributed by atoms with Gasteiger partial charge in [0.2, 0.25) is 5.91 Å². The molecular weight excluding hydrogens is 541 g/mol. The number of quaternary nitrogens is 1. The maximum absolute atomic E-state index is 13.0. The van der Waals surface area contributed by atoms with Gasteiger partial charge >= 0.3 is 7.82 Å². The van der Waals surface area contributed by atoms with E-state index in [-0.39, 0.29) is 24.9 Å². The summed E-state index contributed by atoms with van der Waals surface area (Å²) in [6.07, 6.45) is 4.46. The van der Waals surface area contributed by atoms with E-state index in [9.17, 15) is 19.0 Å². The second kappa shape index (κ2) is 11.9. The van der Waals surface area contributed by atoms with Crippen molar-refractivity contribution in [3.63, 3.8) is 0 Å². The number of furan rings is 1. The first-order valence-corrected chi connectivity index (χ1v) is 13.9. The third-order valence-electron chi connectivity index (χ3n) is 6.28. The second-order valence-electron chi connectivity index (χ2n) is 9.79. The number of anilines is 2. The van der Waals surface area contributed by atoms with Crippen LogP contribution in [0.2, 0.25) is 0 Å². The van der Waals surface area contributed by atoms with Gasteiger partial charge in [0, 0.05) is 30.3 Å². The highest BCUT2D eigenvalue weighted by atomic mass is 31.2. The molecule has 3 aromatic rings. The number of para-hydroxylation sites is 1. The van der Waals surface area contributed by atoms with E-state index in [1.165, 1.54) is 17.2 Å². The molecule has 40 heavy (non-hydrogen) atoms. The molecule has 0 aliphatic carbocycles. The third-order valence-corrected chi connectivity index (χ3v) is 7.12. The van der Waals surface area contributed by atoms with Gasteiger partial charge in [0.25, 0.3) is 5.91 Å². The van der Waals surface area contributed by atoms with Gasteiger partial charge in [-0.2, -0.15) is 5.48 Å². The SMILES string of the molecule is Cc1c(CN(C)C(=O)/C=C/c2cnc3c(c2)NC(C)(C)C(=O)N3COP(=O)([O-])O[NH2+]CCO)oc2ccccc12. The Bertz CT molecular complexity index is 1490. The number of aliphatic hydroxyl groups is 1. The molecule has 214 valence electrons. The minimum Gasteiger partial charge on any atom is -0.752 e. The number of aliphatic hydroxyl groups excluding tert-OH is 1. The maximum atomic E-state index is 13.0. The number of nitrogens with zero attached hydrogens (tertiary/aromatic N) is 3. The van der Waals surface area contributed by atoms with Crippen LogP contribution < -0.4 is 20.6 Å². The molecule has 14 heteroatoms. The summed E-state index contributed by atoms with van der Waals surface area (Å²) in [4.78, 5) is 44.8. The van der Waals surface area contributed by atoms with Crippen molar-refractivity contribution in [2.45, 2.75) is 32.9 Å². The van der Waals surface area contributed by atoms with Crippen molar-refractivity contribution >= 4 is 48.2 Å². The molecule has 0 fully saturated rings. The van der Waals surface area contributed by atoms with Crippen LogP contribution in [-0.2, 0) is 29.8 Å². The average molecular weight is 574 g/mol.